The average molecular weight is 318 g/mol. The zero-order valence-corrected chi connectivity index (χ0v) is 13.2. The van der Waals surface area contributed by atoms with E-state index in [0.717, 1.165) is 15.6 Å². The van der Waals surface area contributed by atoms with E-state index < -0.39 is 5.91 Å². The van der Waals surface area contributed by atoms with E-state index in [2.05, 4.69) is 0 Å². The number of hydrogen-bond acceptors (Lipinski definition) is 4. The zero-order valence-electron chi connectivity index (χ0n) is 12.4. The van der Waals surface area contributed by atoms with Gasteiger partial charge in [0.15, 0.2) is 0 Å². The number of benzene rings is 1. The smallest absolute Gasteiger partial charge is 0.259 e. The number of thiophene rings is 1. The Hall–Kier alpha value is -1.92. The number of primary amides is 1. The number of ether oxygens (including phenoxy) is 1. The van der Waals surface area contributed by atoms with Crippen molar-refractivity contribution in [3.8, 4) is 0 Å². The summed E-state index contributed by atoms with van der Waals surface area (Å²) in [5.41, 5.74) is 6.36. The lowest BCUT2D eigenvalue weighted by Crippen LogP contribution is -2.42. The Morgan fingerprint density at radius 1 is 1.41 bits per heavy atom. The van der Waals surface area contributed by atoms with Crippen LogP contribution in [0, 0.1) is 0 Å². The summed E-state index contributed by atoms with van der Waals surface area (Å²) in [6, 6.07) is 7.80. The van der Waals surface area contributed by atoms with Crippen LogP contribution in [0.25, 0.3) is 10.1 Å². The van der Waals surface area contributed by atoms with E-state index in [-0.39, 0.29) is 12.0 Å². The van der Waals surface area contributed by atoms with Gasteiger partial charge in [-0.3, -0.25) is 9.59 Å². The van der Waals surface area contributed by atoms with Crippen LogP contribution in [0.5, 0.6) is 0 Å². The average Bonchev–Trinajstić information content (AvgIpc) is 2.94. The lowest BCUT2D eigenvalue weighted by Gasteiger charge is -2.33. The van der Waals surface area contributed by atoms with Gasteiger partial charge in [-0.2, -0.15) is 0 Å². The molecule has 2 aromatic rings. The van der Waals surface area contributed by atoms with Crippen molar-refractivity contribution in [2.45, 2.75) is 19.4 Å². The van der Waals surface area contributed by atoms with E-state index in [1.54, 1.807) is 4.90 Å². The predicted octanol–water partition coefficient (Wildman–Crippen LogP) is 2.31. The molecule has 1 unspecified atom stereocenters. The van der Waals surface area contributed by atoms with Gasteiger partial charge in [-0.15, -0.1) is 11.3 Å². The molecule has 6 heteroatoms. The van der Waals surface area contributed by atoms with Crippen molar-refractivity contribution < 1.29 is 14.3 Å². The summed E-state index contributed by atoms with van der Waals surface area (Å²) in [7, 11) is 0. The number of carbonyl (C=O) groups excluding carboxylic acids is 2. The second kappa shape index (κ2) is 6.06. The van der Waals surface area contributed by atoms with Crippen LogP contribution in [0.2, 0.25) is 0 Å². The minimum atomic E-state index is -0.446. The Labute approximate surface area is 132 Å². The van der Waals surface area contributed by atoms with Gasteiger partial charge in [0, 0.05) is 23.2 Å². The molecule has 0 radical (unpaired) electrons. The van der Waals surface area contributed by atoms with Gasteiger partial charge in [0.05, 0.1) is 18.0 Å². The molecule has 5 nitrogen and oxygen atoms in total. The number of nitrogens with zero attached hydrogens (tertiary/aromatic N) is 1. The normalized spacial score (nSPS) is 18.6. The van der Waals surface area contributed by atoms with Crippen LogP contribution in [0.3, 0.4) is 0 Å². The van der Waals surface area contributed by atoms with E-state index in [0.29, 0.717) is 31.0 Å². The van der Waals surface area contributed by atoms with Gasteiger partial charge in [0.25, 0.3) is 5.91 Å². The molecule has 1 atom stereocenters. The molecular formula is C16H18N2O3S. The molecule has 0 aliphatic carbocycles. The molecule has 1 aliphatic heterocycles. The Morgan fingerprint density at radius 3 is 2.91 bits per heavy atom. The molecule has 3 rings (SSSR count). The SMILES string of the molecule is CCC(=O)N1CCOC(c2c(C(N)=O)sc3ccccc23)C1. The molecule has 1 saturated heterocycles. The highest BCUT2D eigenvalue weighted by Gasteiger charge is 2.30. The van der Waals surface area contributed by atoms with Crippen LogP contribution in [-0.2, 0) is 9.53 Å². The summed E-state index contributed by atoms with van der Waals surface area (Å²) < 4.78 is 6.86. The standard InChI is InChI=1S/C16H18N2O3S/c1-2-13(19)18-7-8-21-11(9-18)14-10-5-3-4-6-12(10)22-15(14)16(17)20/h3-6,11H,2,7-9H2,1H3,(H2,17,20). The zero-order chi connectivity index (χ0) is 15.7. The minimum Gasteiger partial charge on any atom is -0.370 e. The lowest BCUT2D eigenvalue weighted by atomic mass is 10.0. The molecule has 0 bridgehead atoms. The van der Waals surface area contributed by atoms with Crippen LogP contribution in [0.15, 0.2) is 24.3 Å². The summed E-state index contributed by atoms with van der Waals surface area (Å²) in [4.78, 5) is 26.1. The Morgan fingerprint density at radius 2 is 2.18 bits per heavy atom. The molecule has 2 heterocycles. The molecule has 1 aromatic carbocycles. The van der Waals surface area contributed by atoms with Gasteiger partial charge in [0.1, 0.15) is 6.10 Å². The molecule has 2 amide bonds. The molecule has 1 aromatic heterocycles. The van der Waals surface area contributed by atoms with E-state index in [1.807, 2.05) is 31.2 Å². The van der Waals surface area contributed by atoms with Crippen molar-refractivity contribution in [3.05, 3.63) is 34.7 Å². The van der Waals surface area contributed by atoms with E-state index in [1.165, 1.54) is 11.3 Å². The fraction of sp³-hybridized carbons (Fsp3) is 0.375. The molecule has 2 N–H and O–H groups in total. The first-order chi connectivity index (χ1) is 10.6. The summed E-state index contributed by atoms with van der Waals surface area (Å²) in [5, 5.41) is 0.983. The minimum absolute atomic E-state index is 0.105. The third-order valence-electron chi connectivity index (χ3n) is 3.90. The van der Waals surface area contributed by atoms with Gasteiger partial charge in [-0.05, 0) is 11.5 Å². The van der Waals surface area contributed by atoms with E-state index in [4.69, 9.17) is 10.5 Å². The number of rotatable bonds is 3. The highest BCUT2D eigenvalue weighted by molar-refractivity contribution is 7.21. The van der Waals surface area contributed by atoms with Crippen molar-refractivity contribution in [2.24, 2.45) is 5.73 Å². The van der Waals surface area contributed by atoms with Crippen LogP contribution in [-0.4, -0.2) is 36.4 Å². The third-order valence-corrected chi connectivity index (χ3v) is 5.10. The van der Waals surface area contributed by atoms with Gasteiger partial charge >= 0.3 is 0 Å². The molecule has 0 spiro atoms. The van der Waals surface area contributed by atoms with Gasteiger partial charge in [0.2, 0.25) is 5.91 Å². The number of nitrogens with two attached hydrogens (primary N) is 1. The molecule has 0 saturated carbocycles. The first kappa shape index (κ1) is 15.0. The summed E-state index contributed by atoms with van der Waals surface area (Å²) in [6.07, 6.45) is 0.169. The van der Waals surface area contributed by atoms with Crippen molar-refractivity contribution in [1.29, 1.82) is 0 Å². The number of amides is 2. The molecule has 1 aliphatic rings. The molecule has 1 fully saturated rings. The second-order valence-corrected chi connectivity index (χ2v) is 6.31. The van der Waals surface area contributed by atoms with Gasteiger partial charge in [-0.25, -0.2) is 0 Å². The van der Waals surface area contributed by atoms with Crippen LogP contribution in [0.4, 0.5) is 0 Å². The predicted molar refractivity (Wildman–Crippen MR) is 85.9 cm³/mol. The monoisotopic (exact) mass is 318 g/mol. The van der Waals surface area contributed by atoms with Crippen LogP contribution in [0.1, 0.15) is 34.7 Å². The van der Waals surface area contributed by atoms with Crippen molar-refractivity contribution in [1.82, 2.24) is 4.90 Å². The van der Waals surface area contributed by atoms with E-state index >= 15 is 0 Å². The van der Waals surface area contributed by atoms with Crippen molar-refractivity contribution in [3.63, 3.8) is 0 Å². The highest BCUT2D eigenvalue weighted by atomic mass is 32.1. The topological polar surface area (TPSA) is 72.6 Å². The first-order valence-electron chi connectivity index (χ1n) is 7.32. The first-order valence-corrected chi connectivity index (χ1v) is 8.14. The highest BCUT2D eigenvalue weighted by Crippen LogP contribution is 2.37. The summed E-state index contributed by atoms with van der Waals surface area (Å²) in [6.45, 7) is 3.38. The van der Waals surface area contributed by atoms with Gasteiger partial charge in [-0.1, -0.05) is 25.1 Å². The maximum Gasteiger partial charge on any atom is 0.259 e. The second-order valence-electron chi connectivity index (χ2n) is 5.26. The largest absolute Gasteiger partial charge is 0.370 e. The fourth-order valence-corrected chi connectivity index (χ4v) is 3.95. The quantitative estimate of drug-likeness (QED) is 0.944. The lowest BCUT2D eigenvalue weighted by molar-refractivity contribution is -0.138. The maximum atomic E-state index is 11.9. The number of fused-ring (bicyclic) bond motifs is 1. The Kier molecular flexibility index (Phi) is 4.13. The Bertz CT molecular complexity index is 725. The third kappa shape index (κ3) is 2.60. The molecule has 22 heavy (non-hydrogen) atoms. The number of carbonyl (C=O) groups is 2. The Balaban J connectivity index is 2.03. The summed E-state index contributed by atoms with van der Waals surface area (Å²) >= 11 is 1.38. The number of morpholine rings is 1. The molecular weight excluding hydrogens is 300 g/mol. The fourth-order valence-electron chi connectivity index (χ4n) is 2.84. The summed E-state index contributed by atoms with van der Waals surface area (Å²) in [5.74, 6) is -0.341. The maximum absolute atomic E-state index is 11.9. The van der Waals surface area contributed by atoms with Crippen molar-refractivity contribution in [2.75, 3.05) is 19.7 Å². The van der Waals surface area contributed by atoms with E-state index in [9.17, 15) is 9.59 Å². The number of hydrogen-bond donors (Lipinski definition) is 1. The van der Waals surface area contributed by atoms with Crippen LogP contribution >= 0.6 is 11.3 Å². The molecule has 116 valence electrons. The van der Waals surface area contributed by atoms with Gasteiger partial charge < -0.3 is 15.4 Å². The van der Waals surface area contributed by atoms with Crippen molar-refractivity contribution >= 4 is 33.2 Å². The van der Waals surface area contributed by atoms with Crippen LogP contribution < -0.4 is 5.73 Å².